The van der Waals surface area contributed by atoms with Gasteiger partial charge in [0, 0.05) is 23.8 Å². The van der Waals surface area contributed by atoms with Crippen LogP contribution in [0.15, 0.2) is 23.4 Å². The van der Waals surface area contributed by atoms with Crippen molar-refractivity contribution >= 4 is 11.9 Å². The smallest absolute Gasteiger partial charge is 0.275 e. The summed E-state index contributed by atoms with van der Waals surface area (Å²) < 4.78 is 0. The van der Waals surface area contributed by atoms with Gasteiger partial charge in [-0.15, -0.1) is 5.16 Å². The Morgan fingerprint density at radius 2 is 2.36 bits per heavy atom. The van der Waals surface area contributed by atoms with Crippen LogP contribution >= 0.6 is 0 Å². The molecule has 0 spiro atoms. The molecular weight excluding hydrogens is 184 g/mol. The molecule has 0 aromatic heterocycles. The molecule has 14 heavy (non-hydrogen) atoms. The van der Waals surface area contributed by atoms with Gasteiger partial charge < -0.3 is 5.21 Å². The zero-order valence-corrected chi connectivity index (χ0v) is 7.67. The molecule has 0 aliphatic rings. The predicted molar refractivity (Wildman–Crippen MR) is 51.8 cm³/mol. The van der Waals surface area contributed by atoms with Crippen molar-refractivity contribution in [2.75, 3.05) is 0 Å². The third-order valence-corrected chi connectivity index (χ3v) is 1.90. The number of hydrogen-bond donors (Lipinski definition) is 1. The van der Waals surface area contributed by atoms with Gasteiger partial charge in [-0.25, -0.2) is 0 Å². The summed E-state index contributed by atoms with van der Waals surface area (Å²) in [5, 5.41) is 21.7. The molecule has 1 aromatic rings. The van der Waals surface area contributed by atoms with Gasteiger partial charge in [0.15, 0.2) is 0 Å². The first kappa shape index (κ1) is 10.2. The Hall–Kier alpha value is -1.91. The van der Waals surface area contributed by atoms with Crippen LogP contribution in [0.2, 0.25) is 0 Å². The van der Waals surface area contributed by atoms with Gasteiger partial charge in [0.2, 0.25) is 0 Å². The maximum atomic E-state index is 10.7. The Bertz CT molecular complexity index is 374. The molecule has 0 aliphatic heterocycles. The molecule has 0 fully saturated rings. The number of para-hydroxylation sites is 1. The number of nitrogens with zero attached hydrogens (tertiary/aromatic N) is 2. The van der Waals surface area contributed by atoms with E-state index in [1.807, 2.05) is 0 Å². The fourth-order valence-electron chi connectivity index (χ4n) is 1.28. The summed E-state index contributed by atoms with van der Waals surface area (Å²) in [5.74, 6) is 0. The minimum Gasteiger partial charge on any atom is -0.411 e. The molecule has 1 N–H and O–H groups in total. The molecule has 5 heteroatoms. The second-order valence-electron chi connectivity index (χ2n) is 2.84. The fourth-order valence-corrected chi connectivity index (χ4v) is 1.28. The summed E-state index contributed by atoms with van der Waals surface area (Å²) in [6.07, 6.45) is 1.48. The number of aryl methyl sites for hydroxylation is 1. The molecule has 0 amide bonds. The van der Waals surface area contributed by atoms with E-state index in [0.717, 1.165) is 0 Å². The number of hydrogen-bond acceptors (Lipinski definition) is 4. The topological polar surface area (TPSA) is 75.7 Å². The first-order chi connectivity index (χ1) is 6.66. The highest BCUT2D eigenvalue weighted by Crippen LogP contribution is 2.22. The van der Waals surface area contributed by atoms with Crippen LogP contribution in [0.25, 0.3) is 0 Å². The SMILES string of the molecule is Cc1cccc(CC=NO)c1[N+](=O)[O-]. The lowest BCUT2D eigenvalue weighted by molar-refractivity contribution is -0.386. The number of nitro groups is 1. The van der Waals surface area contributed by atoms with Crippen LogP contribution in [0.3, 0.4) is 0 Å². The van der Waals surface area contributed by atoms with Gasteiger partial charge in [-0.1, -0.05) is 18.2 Å². The lowest BCUT2D eigenvalue weighted by Crippen LogP contribution is -1.98. The van der Waals surface area contributed by atoms with E-state index in [4.69, 9.17) is 5.21 Å². The Labute approximate surface area is 80.8 Å². The Morgan fingerprint density at radius 1 is 1.64 bits per heavy atom. The van der Waals surface area contributed by atoms with Crippen LogP contribution in [0, 0.1) is 17.0 Å². The van der Waals surface area contributed by atoms with Crippen LogP contribution in [-0.2, 0) is 6.42 Å². The lowest BCUT2D eigenvalue weighted by Gasteiger charge is -2.01. The number of rotatable bonds is 3. The number of benzene rings is 1. The molecule has 0 saturated carbocycles. The second-order valence-corrected chi connectivity index (χ2v) is 2.84. The molecule has 0 bridgehead atoms. The van der Waals surface area contributed by atoms with Crippen molar-refractivity contribution in [3.8, 4) is 0 Å². The number of nitro benzene ring substituents is 1. The Morgan fingerprint density at radius 3 is 2.93 bits per heavy atom. The highest BCUT2D eigenvalue weighted by molar-refractivity contribution is 5.64. The fraction of sp³-hybridized carbons (Fsp3) is 0.222. The van der Waals surface area contributed by atoms with E-state index in [1.54, 1.807) is 25.1 Å². The Balaban J connectivity index is 3.14. The van der Waals surface area contributed by atoms with Crippen molar-refractivity contribution in [3.63, 3.8) is 0 Å². The molecule has 0 saturated heterocycles. The highest BCUT2D eigenvalue weighted by Gasteiger charge is 2.15. The first-order valence-corrected chi connectivity index (χ1v) is 4.05. The van der Waals surface area contributed by atoms with E-state index in [2.05, 4.69) is 5.16 Å². The maximum absolute atomic E-state index is 10.7. The highest BCUT2D eigenvalue weighted by atomic mass is 16.6. The first-order valence-electron chi connectivity index (χ1n) is 4.05. The minimum absolute atomic E-state index is 0.0902. The van der Waals surface area contributed by atoms with E-state index in [9.17, 15) is 10.1 Å². The molecular formula is C9H10N2O3. The lowest BCUT2D eigenvalue weighted by atomic mass is 10.1. The third-order valence-electron chi connectivity index (χ3n) is 1.90. The van der Waals surface area contributed by atoms with Gasteiger partial charge in [0.25, 0.3) is 5.69 Å². The van der Waals surface area contributed by atoms with Crippen LogP contribution < -0.4 is 0 Å². The summed E-state index contributed by atoms with van der Waals surface area (Å²) in [6, 6.07) is 5.06. The summed E-state index contributed by atoms with van der Waals surface area (Å²) >= 11 is 0. The van der Waals surface area contributed by atoms with E-state index in [1.165, 1.54) is 6.21 Å². The van der Waals surface area contributed by atoms with Gasteiger partial charge in [0.05, 0.1) is 4.92 Å². The normalized spacial score (nSPS) is 10.6. The monoisotopic (exact) mass is 194 g/mol. The van der Waals surface area contributed by atoms with E-state index < -0.39 is 4.92 Å². The summed E-state index contributed by atoms with van der Waals surface area (Å²) in [5.41, 5.74) is 1.25. The van der Waals surface area contributed by atoms with Crippen molar-refractivity contribution in [2.24, 2.45) is 5.16 Å². The molecule has 74 valence electrons. The van der Waals surface area contributed by atoms with Crippen molar-refractivity contribution in [1.29, 1.82) is 0 Å². The third kappa shape index (κ3) is 2.07. The molecule has 0 atom stereocenters. The van der Waals surface area contributed by atoms with Gasteiger partial charge in [-0.05, 0) is 6.92 Å². The molecule has 0 heterocycles. The second kappa shape index (κ2) is 4.36. The van der Waals surface area contributed by atoms with Gasteiger partial charge >= 0.3 is 0 Å². The van der Waals surface area contributed by atoms with Crippen LogP contribution in [0.4, 0.5) is 5.69 Å². The average Bonchev–Trinajstić information content (AvgIpc) is 2.14. The molecule has 0 unspecified atom stereocenters. The van der Waals surface area contributed by atoms with Gasteiger partial charge in [-0.3, -0.25) is 10.1 Å². The predicted octanol–water partition coefficient (Wildman–Crippen LogP) is 1.91. The summed E-state index contributed by atoms with van der Waals surface area (Å²) in [4.78, 5) is 10.3. The molecule has 1 rings (SSSR count). The van der Waals surface area contributed by atoms with Crippen LogP contribution in [-0.4, -0.2) is 16.3 Å². The van der Waals surface area contributed by atoms with E-state index in [-0.39, 0.29) is 12.1 Å². The van der Waals surface area contributed by atoms with Crippen molar-refractivity contribution < 1.29 is 10.1 Å². The largest absolute Gasteiger partial charge is 0.411 e. The van der Waals surface area contributed by atoms with Crippen molar-refractivity contribution in [3.05, 3.63) is 39.4 Å². The molecule has 1 aromatic carbocycles. The zero-order chi connectivity index (χ0) is 10.6. The average molecular weight is 194 g/mol. The Kier molecular flexibility index (Phi) is 3.17. The van der Waals surface area contributed by atoms with Crippen LogP contribution in [0.5, 0.6) is 0 Å². The minimum atomic E-state index is -0.421. The van der Waals surface area contributed by atoms with E-state index >= 15 is 0 Å². The summed E-state index contributed by atoms with van der Waals surface area (Å²) in [6.45, 7) is 1.68. The zero-order valence-electron chi connectivity index (χ0n) is 7.67. The molecule has 0 aliphatic carbocycles. The maximum Gasteiger partial charge on any atom is 0.275 e. The van der Waals surface area contributed by atoms with Gasteiger partial charge in [0.1, 0.15) is 0 Å². The molecule has 0 radical (unpaired) electrons. The van der Waals surface area contributed by atoms with E-state index in [0.29, 0.717) is 11.1 Å². The van der Waals surface area contributed by atoms with Crippen molar-refractivity contribution in [1.82, 2.24) is 0 Å². The van der Waals surface area contributed by atoms with Crippen LogP contribution in [0.1, 0.15) is 11.1 Å². The quantitative estimate of drug-likeness (QED) is 0.345. The standard InChI is InChI=1S/C9H10N2O3/c1-7-3-2-4-8(5-6-10-12)9(7)11(13)14/h2-4,6,12H,5H2,1H3. The summed E-state index contributed by atoms with van der Waals surface area (Å²) in [7, 11) is 0. The molecule has 5 nitrogen and oxygen atoms in total. The number of oxime groups is 1. The van der Waals surface area contributed by atoms with Crippen molar-refractivity contribution in [2.45, 2.75) is 13.3 Å². The van der Waals surface area contributed by atoms with Gasteiger partial charge in [-0.2, -0.15) is 0 Å².